The molecule has 0 aromatic carbocycles. The van der Waals surface area contributed by atoms with Crippen LogP contribution < -0.4 is 0 Å². The van der Waals surface area contributed by atoms with E-state index in [-0.39, 0.29) is 5.97 Å². The molecule has 0 radical (unpaired) electrons. The molecule has 0 unspecified atom stereocenters. The largest absolute Gasteiger partial charge is 0.469 e. The zero-order valence-corrected chi connectivity index (χ0v) is 9.13. The van der Waals surface area contributed by atoms with E-state index in [1.54, 1.807) is 0 Å². The van der Waals surface area contributed by atoms with Gasteiger partial charge in [-0.25, -0.2) is 0 Å². The normalized spacial score (nSPS) is 9.25. The van der Waals surface area contributed by atoms with Gasteiger partial charge >= 0.3 is 5.97 Å². The first-order valence-corrected chi connectivity index (χ1v) is 4.88. The van der Waals surface area contributed by atoms with Crippen molar-refractivity contribution in [1.29, 1.82) is 0 Å². The van der Waals surface area contributed by atoms with Gasteiger partial charge in [-0.1, -0.05) is 24.0 Å². The summed E-state index contributed by atoms with van der Waals surface area (Å²) < 4.78 is 5.27. The second-order valence-electron chi connectivity index (χ2n) is 2.33. The Balaban J connectivity index is 3.44. The number of thiocarbonyl (C=S) groups is 1. The first kappa shape index (κ1) is 11.7. The van der Waals surface area contributed by atoms with Crippen molar-refractivity contribution in [2.24, 2.45) is 0 Å². The lowest BCUT2D eigenvalue weighted by molar-refractivity contribution is -0.140. The Labute approximate surface area is 82.4 Å². The van der Waals surface area contributed by atoms with Gasteiger partial charge in [0.1, 0.15) is 4.32 Å². The van der Waals surface area contributed by atoms with E-state index in [1.165, 1.54) is 18.9 Å². The number of carbonyl (C=O) groups excluding carboxylic acids is 1. The Morgan fingerprint density at radius 2 is 2.17 bits per heavy atom. The minimum atomic E-state index is -0.191. The van der Waals surface area contributed by atoms with Gasteiger partial charge in [-0.15, -0.1) is 0 Å². The van der Waals surface area contributed by atoms with Gasteiger partial charge in [0.05, 0.1) is 13.5 Å². The summed E-state index contributed by atoms with van der Waals surface area (Å²) in [6.45, 7) is 0. The smallest absolute Gasteiger partial charge is 0.306 e. The summed E-state index contributed by atoms with van der Waals surface area (Å²) in [5.74, 6) is 0.494. The molecule has 0 heterocycles. The third kappa shape index (κ3) is 5.37. The SMILES string of the molecule is COC(=O)CCSC(=S)N(C)C. The molecule has 0 spiro atoms. The van der Waals surface area contributed by atoms with Crippen LogP contribution >= 0.6 is 24.0 Å². The molecule has 0 aliphatic rings. The van der Waals surface area contributed by atoms with Gasteiger partial charge < -0.3 is 9.64 Å². The molecule has 0 saturated heterocycles. The predicted octanol–water partition coefficient (Wildman–Crippen LogP) is 1.13. The van der Waals surface area contributed by atoms with Crippen molar-refractivity contribution in [3.8, 4) is 0 Å². The van der Waals surface area contributed by atoms with Crippen molar-refractivity contribution in [3.05, 3.63) is 0 Å². The monoisotopic (exact) mass is 207 g/mol. The quantitative estimate of drug-likeness (QED) is 0.511. The Kier molecular flexibility index (Phi) is 6.10. The van der Waals surface area contributed by atoms with Gasteiger partial charge in [-0.2, -0.15) is 0 Å². The summed E-state index contributed by atoms with van der Waals surface area (Å²) in [6.07, 6.45) is 0.412. The summed E-state index contributed by atoms with van der Waals surface area (Å²) in [6, 6.07) is 0. The summed E-state index contributed by atoms with van der Waals surface area (Å²) in [4.78, 5) is 12.5. The fourth-order valence-corrected chi connectivity index (χ4v) is 1.40. The fourth-order valence-electron chi connectivity index (χ4n) is 0.453. The van der Waals surface area contributed by atoms with Crippen LogP contribution in [0.25, 0.3) is 0 Å². The maximum absolute atomic E-state index is 10.7. The van der Waals surface area contributed by atoms with Gasteiger partial charge in [0.15, 0.2) is 0 Å². The maximum atomic E-state index is 10.7. The molecular weight excluding hydrogens is 194 g/mol. The predicted molar refractivity (Wildman–Crippen MR) is 55.4 cm³/mol. The van der Waals surface area contributed by atoms with E-state index in [4.69, 9.17) is 12.2 Å². The second kappa shape index (κ2) is 6.25. The Morgan fingerprint density at radius 1 is 1.58 bits per heavy atom. The van der Waals surface area contributed by atoms with Crippen LogP contribution in [-0.4, -0.2) is 42.1 Å². The molecule has 70 valence electrons. The summed E-state index contributed by atoms with van der Waals surface area (Å²) in [5.41, 5.74) is 0. The van der Waals surface area contributed by atoms with Crippen LogP contribution in [0.4, 0.5) is 0 Å². The number of hydrogen-bond acceptors (Lipinski definition) is 4. The molecule has 0 aromatic heterocycles. The van der Waals surface area contributed by atoms with Gasteiger partial charge in [0.2, 0.25) is 0 Å². The van der Waals surface area contributed by atoms with Crippen LogP contribution in [0.2, 0.25) is 0 Å². The minimum Gasteiger partial charge on any atom is -0.469 e. The molecule has 3 nitrogen and oxygen atoms in total. The first-order chi connectivity index (χ1) is 5.57. The van der Waals surface area contributed by atoms with Crippen molar-refractivity contribution < 1.29 is 9.53 Å². The van der Waals surface area contributed by atoms with Crippen molar-refractivity contribution >= 4 is 34.3 Å². The molecule has 0 amide bonds. The number of ether oxygens (including phenoxy) is 1. The third-order valence-corrected chi connectivity index (χ3v) is 2.86. The molecule has 5 heteroatoms. The molecule has 0 bridgehead atoms. The minimum absolute atomic E-state index is 0.191. The van der Waals surface area contributed by atoms with Gasteiger partial charge in [0, 0.05) is 19.8 Å². The van der Waals surface area contributed by atoms with Crippen LogP contribution in [0.1, 0.15) is 6.42 Å². The zero-order chi connectivity index (χ0) is 9.56. The lowest BCUT2D eigenvalue weighted by Crippen LogP contribution is -2.17. The van der Waals surface area contributed by atoms with E-state index in [0.29, 0.717) is 12.2 Å². The topological polar surface area (TPSA) is 29.5 Å². The standard InChI is InChI=1S/C7H13NO2S2/c1-8(2)7(11)12-5-4-6(9)10-3/h4-5H2,1-3H3. The molecule has 12 heavy (non-hydrogen) atoms. The lowest BCUT2D eigenvalue weighted by Gasteiger charge is -2.11. The highest BCUT2D eigenvalue weighted by atomic mass is 32.2. The Bertz CT molecular complexity index is 171. The van der Waals surface area contributed by atoms with Crippen LogP contribution in [0.3, 0.4) is 0 Å². The second-order valence-corrected chi connectivity index (χ2v) is 4.06. The van der Waals surface area contributed by atoms with Crippen molar-refractivity contribution in [2.45, 2.75) is 6.42 Å². The maximum Gasteiger partial charge on any atom is 0.306 e. The fraction of sp³-hybridized carbons (Fsp3) is 0.714. The molecule has 0 aliphatic carbocycles. The highest BCUT2D eigenvalue weighted by Gasteiger charge is 2.03. The average Bonchev–Trinajstić information content (AvgIpc) is 2.03. The summed E-state index contributed by atoms with van der Waals surface area (Å²) >= 11 is 6.49. The number of nitrogens with zero attached hydrogens (tertiary/aromatic N) is 1. The van der Waals surface area contributed by atoms with E-state index < -0.39 is 0 Å². The van der Waals surface area contributed by atoms with Crippen molar-refractivity contribution in [2.75, 3.05) is 27.0 Å². The van der Waals surface area contributed by atoms with E-state index >= 15 is 0 Å². The molecule has 0 saturated carbocycles. The van der Waals surface area contributed by atoms with Crippen molar-refractivity contribution in [3.63, 3.8) is 0 Å². The number of thioether (sulfide) groups is 1. The van der Waals surface area contributed by atoms with E-state index in [2.05, 4.69) is 4.74 Å². The van der Waals surface area contributed by atoms with Gasteiger partial charge in [-0.3, -0.25) is 4.79 Å². The molecular formula is C7H13NO2S2. The number of carbonyl (C=O) groups is 1. The van der Waals surface area contributed by atoms with Crippen molar-refractivity contribution in [1.82, 2.24) is 4.90 Å². The Hall–Kier alpha value is -0.290. The van der Waals surface area contributed by atoms with Crippen LogP contribution in [0, 0.1) is 0 Å². The zero-order valence-electron chi connectivity index (χ0n) is 7.49. The van der Waals surface area contributed by atoms with Crippen LogP contribution in [0.5, 0.6) is 0 Å². The van der Waals surface area contributed by atoms with Gasteiger partial charge in [-0.05, 0) is 0 Å². The molecule has 0 aliphatic heterocycles. The number of rotatable bonds is 3. The Morgan fingerprint density at radius 3 is 2.58 bits per heavy atom. The highest BCUT2D eigenvalue weighted by molar-refractivity contribution is 8.22. The number of hydrogen-bond donors (Lipinski definition) is 0. The molecule has 0 rings (SSSR count). The molecule has 0 N–H and O–H groups in total. The van der Waals surface area contributed by atoms with Gasteiger partial charge in [0.25, 0.3) is 0 Å². The summed E-state index contributed by atoms with van der Waals surface area (Å²) in [5, 5.41) is 0. The van der Waals surface area contributed by atoms with Crippen LogP contribution in [0.15, 0.2) is 0 Å². The lowest BCUT2D eigenvalue weighted by atomic mass is 10.5. The van der Waals surface area contributed by atoms with E-state index in [9.17, 15) is 4.79 Å². The first-order valence-electron chi connectivity index (χ1n) is 3.49. The van der Waals surface area contributed by atoms with E-state index in [1.807, 2.05) is 19.0 Å². The highest BCUT2D eigenvalue weighted by Crippen LogP contribution is 2.08. The number of methoxy groups -OCH3 is 1. The molecule has 0 atom stereocenters. The molecule has 0 fully saturated rings. The van der Waals surface area contributed by atoms with Crippen LogP contribution in [-0.2, 0) is 9.53 Å². The average molecular weight is 207 g/mol. The van der Waals surface area contributed by atoms with E-state index in [0.717, 1.165) is 4.32 Å². The molecule has 0 aromatic rings. The third-order valence-electron chi connectivity index (χ3n) is 1.12. The number of esters is 1. The summed E-state index contributed by atoms with van der Waals surface area (Å²) in [7, 11) is 5.15.